The summed E-state index contributed by atoms with van der Waals surface area (Å²) in [6, 6.07) is 9.73. The van der Waals surface area contributed by atoms with Gasteiger partial charge < -0.3 is 10.4 Å². The van der Waals surface area contributed by atoms with Gasteiger partial charge in [0.2, 0.25) is 5.95 Å². The summed E-state index contributed by atoms with van der Waals surface area (Å²) in [6.07, 6.45) is 1.68. The fourth-order valence-electron chi connectivity index (χ4n) is 2.64. The van der Waals surface area contributed by atoms with Crippen LogP contribution in [0.15, 0.2) is 47.4 Å². The zero-order valence-corrected chi connectivity index (χ0v) is 13.9. The van der Waals surface area contributed by atoms with E-state index >= 15 is 0 Å². The molecular weight excluding hydrogens is 320 g/mol. The van der Waals surface area contributed by atoms with Crippen LogP contribution >= 0.6 is 0 Å². The predicted molar refractivity (Wildman–Crippen MR) is 94.9 cm³/mol. The van der Waals surface area contributed by atoms with Crippen LogP contribution in [0, 0.1) is 0 Å². The number of carbonyl (C=O) groups is 1. The van der Waals surface area contributed by atoms with Crippen LogP contribution < -0.4 is 10.9 Å². The average Bonchev–Trinajstić information content (AvgIpc) is 2.61. The summed E-state index contributed by atoms with van der Waals surface area (Å²) in [5.74, 6) is -0.544. The van der Waals surface area contributed by atoms with Crippen LogP contribution in [0.5, 0.6) is 0 Å². The first-order valence-electron chi connectivity index (χ1n) is 7.96. The van der Waals surface area contributed by atoms with E-state index in [0.717, 1.165) is 10.9 Å². The Hall–Kier alpha value is -3.22. The summed E-state index contributed by atoms with van der Waals surface area (Å²) in [5.41, 5.74) is 1.64. The molecule has 3 aromatic rings. The monoisotopic (exact) mass is 338 g/mol. The summed E-state index contributed by atoms with van der Waals surface area (Å²) in [7, 11) is 0. The van der Waals surface area contributed by atoms with Crippen LogP contribution in [0.4, 0.5) is 5.95 Å². The fraction of sp³-hybridized carbons (Fsp3) is 0.222. The van der Waals surface area contributed by atoms with E-state index < -0.39 is 5.97 Å². The molecule has 0 amide bonds. The van der Waals surface area contributed by atoms with Crippen molar-refractivity contribution in [3.63, 3.8) is 0 Å². The molecule has 0 radical (unpaired) electrons. The maximum Gasteiger partial charge on any atom is 0.335 e. The molecule has 0 aliphatic carbocycles. The van der Waals surface area contributed by atoms with Crippen molar-refractivity contribution < 1.29 is 9.90 Å². The summed E-state index contributed by atoms with van der Waals surface area (Å²) in [5, 5.41) is 12.9. The molecular formula is C18H18N4O3. The van der Waals surface area contributed by atoms with Gasteiger partial charge in [-0.1, -0.05) is 12.1 Å². The Kier molecular flexibility index (Phi) is 4.47. The Labute approximate surface area is 144 Å². The topological polar surface area (TPSA) is 97.1 Å². The molecule has 0 fully saturated rings. The van der Waals surface area contributed by atoms with E-state index in [2.05, 4.69) is 15.3 Å². The minimum Gasteiger partial charge on any atom is -0.478 e. The Balaban J connectivity index is 1.89. The van der Waals surface area contributed by atoms with Gasteiger partial charge in [-0.15, -0.1) is 0 Å². The number of aromatic carboxylic acids is 1. The van der Waals surface area contributed by atoms with Gasteiger partial charge in [-0.3, -0.25) is 9.36 Å². The Morgan fingerprint density at radius 3 is 2.60 bits per heavy atom. The van der Waals surface area contributed by atoms with Gasteiger partial charge in [0, 0.05) is 24.2 Å². The lowest BCUT2D eigenvalue weighted by Crippen LogP contribution is -2.19. The standard InChI is InChI=1S/C18H18N4O3/c1-3-22-15(23)9-8-14-10-19-18(21-16(14)22)20-11(2)12-4-6-13(7-5-12)17(24)25/h4-11H,3H2,1-2H3,(H,24,25)(H,19,20,21). The molecule has 128 valence electrons. The first-order valence-corrected chi connectivity index (χ1v) is 7.96. The van der Waals surface area contributed by atoms with E-state index in [1.54, 1.807) is 41.1 Å². The highest BCUT2D eigenvalue weighted by Crippen LogP contribution is 2.19. The van der Waals surface area contributed by atoms with E-state index in [9.17, 15) is 9.59 Å². The summed E-state index contributed by atoms with van der Waals surface area (Å²) in [4.78, 5) is 31.6. The maximum atomic E-state index is 11.9. The number of hydrogen-bond acceptors (Lipinski definition) is 5. The molecule has 2 heterocycles. The van der Waals surface area contributed by atoms with Crippen LogP contribution in [0.25, 0.3) is 11.0 Å². The number of hydrogen-bond donors (Lipinski definition) is 2. The highest BCUT2D eigenvalue weighted by molar-refractivity contribution is 5.87. The van der Waals surface area contributed by atoms with Crippen LogP contribution in [0.1, 0.15) is 35.8 Å². The first kappa shape index (κ1) is 16.6. The van der Waals surface area contributed by atoms with Gasteiger partial charge in [0.1, 0.15) is 5.65 Å². The molecule has 2 aromatic heterocycles. The van der Waals surface area contributed by atoms with Crippen LogP contribution in [-0.4, -0.2) is 25.6 Å². The van der Waals surface area contributed by atoms with Crippen molar-refractivity contribution >= 4 is 23.0 Å². The zero-order valence-electron chi connectivity index (χ0n) is 13.9. The Morgan fingerprint density at radius 2 is 1.96 bits per heavy atom. The number of aryl methyl sites for hydroxylation is 1. The molecule has 0 aliphatic rings. The quantitative estimate of drug-likeness (QED) is 0.742. The van der Waals surface area contributed by atoms with Crippen molar-refractivity contribution in [2.24, 2.45) is 0 Å². The molecule has 0 aliphatic heterocycles. The van der Waals surface area contributed by atoms with E-state index in [4.69, 9.17) is 5.11 Å². The molecule has 0 spiro atoms. The molecule has 1 unspecified atom stereocenters. The van der Waals surface area contributed by atoms with E-state index in [0.29, 0.717) is 18.1 Å². The van der Waals surface area contributed by atoms with Crippen LogP contribution in [0.3, 0.4) is 0 Å². The van der Waals surface area contributed by atoms with Crippen molar-refractivity contribution in [1.82, 2.24) is 14.5 Å². The molecule has 0 saturated heterocycles. The molecule has 3 rings (SSSR count). The third-order valence-electron chi connectivity index (χ3n) is 4.04. The lowest BCUT2D eigenvalue weighted by molar-refractivity contribution is 0.0697. The summed E-state index contributed by atoms with van der Waals surface area (Å²) >= 11 is 0. The third-order valence-corrected chi connectivity index (χ3v) is 4.04. The van der Waals surface area contributed by atoms with Crippen molar-refractivity contribution in [3.05, 3.63) is 64.1 Å². The largest absolute Gasteiger partial charge is 0.478 e. The number of pyridine rings is 1. The highest BCUT2D eigenvalue weighted by atomic mass is 16.4. The second kappa shape index (κ2) is 6.72. The number of anilines is 1. The van der Waals surface area contributed by atoms with Crippen LogP contribution in [0.2, 0.25) is 0 Å². The van der Waals surface area contributed by atoms with E-state index in [-0.39, 0.29) is 17.2 Å². The van der Waals surface area contributed by atoms with Gasteiger partial charge in [-0.25, -0.2) is 9.78 Å². The number of nitrogens with one attached hydrogen (secondary N) is 1. The summed E-state index contributed by atoms with van der Waals surface area (Å²) in [6.45, 7) is 4.35. The molecule has 0 bridgehead atoms. The van der Waals surface area contributed by atoms with Crippen molar-refractivity contribution in [2.75, 3.05) is 5.32 Å². The first-order chi connectivity index (χ1) is 12.0. The SMILES string of the molecule is CCn1c(=O)ccc2cnc(NC(C)c3ccc(C(=O)O)cc3)nc21. The summed E-state index contributed by atoms with van der Waals surface area (Å²) < 4.78 is 1.59. The number of benzene rings is 1. The number of nitrogens with zero attached hydrogens (tertiary/aromatic N) is 3. The van der Waals surface area contributed by atoms with Gasteiger partial charge in [-0.05, 0) is 37.6 Å². The fourth-order valence-corrected chi connectivity index (χ4v) is 2.64. The smallest absolute Gasteiger partial charge is 0.335 e. The number of carboxylic acid groups (broad SMARTS) is 1. The van der Waals surface area contributed by atoms with Gasteiger partial charge in [-0.2, -0.15) is 4.98 Å². The van der Waals surface area contributed by atoms with Crippen molar-refractivity contribution in [2.45, 2.75) is 26.4 Å². The number of aromatic nitrogens is 3. The maximum absolute atomic E-state index is 11.9. The number of carboxylic acids is 1. The lowest BCUT2D eigenvalue weighted by atomic mass is 10.1. The molecule has 2 N–H and O–H groups in total. The van der Waals surface area contributed by atoms with Gasteiger partial charge in [0.15, 0.2) is 0 Å². The Bertz CT molecular complexity index is 980. The third kappa shape index (κ3) is 3.35. The molecule has 1 atom stereocenters. The number of rotatable bonds is 5. The molecule has 7 nitrogen and oxygen atoms in total. The second-order valence-corrected chi connectivity index (χ2v) is 5.68. The normalized spacial score (nSPS) is 12.1. The van der Waals surface area contributed by atoms with E-state index in [1.165, 1.54) is 6.07 Å². The van der Waals surface area contributed by atoms with Gasteiger partial charge in [0.05, 0.1) is 11.6 Å². The zero-order chi connectivity index (χ0) is 18.0. The molecule has 0 saturated carbocycles. The van der Waals surface area contributed by atoms with Crippen molar-refractivity contribution in [1.29, 1.82) is 0 Å². The van der Waals surface area contributed by atoms with Gasteiger partial charge >= 0.3 is 5.97 Å². The minimum absolute atomic E-state index is 0.100. The van der Waals surface area contributed by atoms with Gasteiger partial charge in [0.25, 0.3) is 5.56 Å². The second-order valence-electron chi connectivity index (χ2n) is 5.68. The predicted octanol–water partition coefficient (Wildman–Crippen LogP) is 2.68. The lowest BCUT2D eigenvalue weighted by Gasteiger charge is -2.15. The average molecular weight is 338 g/mol. The van der Waals surface area contributed by atoms with E-state index in [1.807, 2.05) is 13.8 Å². The van der Waals surface area contributed by atoms with Crippen molar-refractivity contribution in [3.8, 4) is 0 Å². The number of fused-ring (bicyclic) bond motifs is 1. The minimum atomic E-state index is -0.956. The highest BCUT2D eigenvalue weighted by Gasteiger charge is 2.11. The molecule has 25 heavy (non-hydrogen) atoms. The molecule has 1 aromatic carbocycles. The van der Waals surface area contributed by atoms with Crippen LogP contribution in [-0.2, 0) is 6.54 Å². The molecule has 7 heteroatoms. The Morgan fingerprint density at radius 1 is 1.24 bits per heavy atom.